The molecule has 0 spiro atoms. The number of hydrogen-bond acceptors (Lipinski definition) is 3. The fourth-order valence-electron chi connectivity index (χ4n) is 3.25. The maximum atomic E-state index is 13.1. The number of amides is 2. The third-order valence-electron chi connectivity index (χ3n) is 4.72. The monoisotopic (exact) mass is 492 g/mol. The summed E-state index contributed by atoms with van der Waals surface area (Å²) in [7, 11) is 0. The van der Waals surface area contributed by atoms with Crippen LogP contribution in [0.4, 0.5) is 10.1 Å². The molecule has 0 aliphatic carbocycles. The Kier molecular flexibility index (Phi) is 6.42. The zero-order chi connectivity index (χ0) is 22.5. The zero-order valence-corrected chi connectivity index (χ0v) is 18.3. The predicted molar refractivity (Wildman–Crippen MR) is 126 cm³/mol. The molecule has 160 valence electrons. The van der Waals surface area contributed by atoms with E-state index in [2.05, 4.69) is 31.8 Å². The van der Waals surface area contributed by atoms with Crippen LogP contribution in [0.5, 0.6) is 0 Å². The van der Waals surface area contributed by atoms with Gasteiger partial charge >= 0.3 is 0 Å². The van der Waals surface area contributed by atoms with Crippen LogP contribution in [0.2, 0.25) is 0 Å². The van der Waals surface area contributed by atoms with E-state index in [1.54, 1.807) is 35.2 Å². The van der Waals surface area contributed by atoms with Crippen LogP contribution >= 0.6 is 15.9 Å². The first-order valence-electron chi connectivity index (χ1n) is 9.72. The first-order valence-corrected chi connectivity index (χ1v) is 10.5. The summed E-state index contributed by atoms with van der Waals surface area (Å²) in [6, 6.07) is 20.2. The number of rotatable bonds is 6. The summed E-state index contributed by atoms with van der Waals surface area (Å²) in [5.74, 6) is -0.941. The molecule has 0 saturated heterocycles. The van der Waals surface area contributed by atoms with Crippen LogP contribution in [-0.4, -0.2) is 22.6 Å². The highest BCUT2D eigenvalue weighted by Gasteiger charge is 2.11. The molecule has 0 unspecified atom stereocenters. The van der Waals surface area contributed by atoms with Crippen molar-refractivity contribution in [1.82, 2.24) is 9.99 Å². The molecule has 0 fully saturated rings. The number of hydrazone groups is 1. The topological polar surface area (TPSA) is 75.5 Å². The van der Waals surface area contributed by atoms with Gasteiger partial charge in [0.2, 0.25) is 5.91 Å². The van der Waals surface area contributed by atoms with E-state index in [1.807, 2.05) is 30.3 Å². The number of halogens is 2. The van der Waals surface area contributed by atoms with E-state index in [0.717, 1.165) is 20.9 Å². The van der Waals surface area contributed by atoms with Gasteiger partial charge in [-0.3, -0.25) is 9.59 Å². The second kappa shape index (κ2) is 9.57. The van der Waals surface area contributed by atoms with Gasteiger partial charge in [0, 0.05) is 38.4 Å². The van der Waals surface area contributed by atoms with Crippen molar-refractivity contribution in [3.8, 4) is 0 Å². The highest BCUT2D eigenvalue weighted by Crippen LogP contribution is 2.20. The van der Waals surface area contributed by atoms with Crippen LogP contribution in [0.15, 0.2) is 88.6 Å². The number of para-hydroxylation sites is 1. The number of benzene rings is 3. The minimum Gasteiger partial charge on any atom is -0.337 e. The Balaban J connectivity index is 1.49. The molecule has 0 aliphatic rings. The SMILES string of the molecule is O=C(Cn1cc(/C=N/NC(=O)c2cccc(Br)c2)c2ccccc21)Nc1ccc(F)cc1. The molecule has 8 heteroatoms. The largest absolute Gasteiger partial charge is 0.337 e. The Hall–Kier alpha value is -3.78. The minimum absolute atomic E-state index is 0.0656. The van der Waals surface area contributed by atoms with E-state index in [9.17, 15) is 14.0 Å². The van der Waals surface area contributed by atoms with Crippen molar-refractivity contribution in [2.75, 3.05) is 5.32 Å². The molecule has 0 radical (unpaired) electrons. The molecule has 2 N–H and O–H groups in total. The Bertz CT molecular complexity index is 1320. The van der Waals surface area contributed by atoms with Crippen molar-refractivity contribution in [1.29, 1.82) is 0 Å². The molecule has 4 rings (SSSR count). The van der Waals surface area contributed by atoms with E-state index >= 15 is 0 Å². The van der Waals surface area contributed by atoms with Crippen LogP contribution in [0.3, 0.4) is 0 Å². The van der Waals surface area contributed by atoms with Gasteiger partial charge in [-0.15, -0.1) is 0 Å². The van der Waals surface area contributed by atoms with Crippen LogP contribution < -0.4 is 10.7 Å². The van der Waals surface area contributed by atoms with Gasteiger partial charge in [0.25, 0.3) is 5.91 Å². The average Bonchev–Trinajstić information content (AvgIpc) is 3.12. The third-order valence-corrected chi connectivity index (χ3v) is 5.21. The fraction of sp³-hybridized carbons (Fsp3) is 0.0417. The molecule has 32 heavy (non-hydrogen) atoms. The van der Waals surface area contributed by atoms with Crippen LogP contribution in [0, 0.1) is 5.82 Å². The van der Waals surface area contributed by atoms with Gasteiger partial charge in [-0.25, -0.2) is 9.82 Å². The van der Waals surface area contributed by atoms with Crippen molar-refractivity contribution in [2.24, 2.45) is 5.10 Å². The molecule has 2 amide bonds. The lowest BCUT2D eigenvalue weighted by Gasteiger charge is -2.07. The summed E-state index contributed by atoms with van der Waals surface area (Å²) in [5, 5.41) is 7.72. The Morgan fingerprint density at radius 3 is 2.59 bits per heavy atom. The standard InChI is InChI=1S/C24H18BrFN4O2/c25-18-5-3-4-16(12-18)24(32)29-27-13-17-14-30(22-7-2-1-6-21(17)22)15-23(31)28-20-10-8-19(26)9-11-20/h1-14H,15H2,(H,28,31)(H,29,32)/b27-13+. The van der Waals surface area contributed by atoms with Gasteiger partial charge < -0.3 is 9.88 Å². The summed E-state index contributed by atoms with van der Waals surface area (Å²) in [4.78, 5) is 24.8. The number of aromatic nitrogens is 1. The van der Waals surface area contributed by atoms with E-state index in [1.165, 1.54) is 24.3 Å². The Labute approximate surface area is 191 Å². The van der Waals surface area contributed by atoms with Crippen molar-refractivity contribution in [2.45, 2.75) is 6.54 Å². The Morgan fingerprint density at radius 1 is 1.03 bits per heavy atom. The second-order valence-electron chi connectivity index (χ2n) is 6.99. The Morgan fingerprint density at radius 2 is 1.81 bits per heavy atom. The smallest absolute Gasteiger partial charge is 0.271 e. The molecule has 3 aromatic carbocycles. The lowest BCUT2D eigenvalue weighted by Crippen LogP contribution is -2.18. The van der Waals surface area contributed by atoms with Crippen LogP contribution in [-0.2, 0) is 11.3 Å². The van der Waals surface area contributed by atoms with Gasteiger partial charge in [-0.1, -0.05) is 40.2 Å². The molecule has 0 aliphatic heterocycles. The molecular formula is C24H18BrFN4O2. The fourth-order valence-corrected chi connectivity index (χ4v) is 3.65. The second-order valence-corrected chi connectivity index (χ2v) is 7.91. The van der Waals surface area contributed by atoms with Gasteiger partial charge in [0.15, 0.2) is 0 Å². The lowest BCUT2D eigenvalue weighted by atomic mass is 10.2. The van der Waals surface area contributed by atoms with Gasteiger partial charge in [-0.2, -0.15) is 5.10 Å². The summed E-state index contributed by atoms with van der Waals surface area (Å²) in [6.07, 6.45) is 3.34. The first-order chi connectivity index (χ1) is 15.5. The summed E-state index contributed by atoms with van der Waals surface area (Å²) >= 11 is 3.34. The third kappa shape index (κ3) is 5.09. The molecule has 1 heterocycles. The van der Waals surface area contributed by atoms with Gasteiger partial charge in [0.05, 0.1) is 6.21 Å². The quantitative estimate of drug-likeness (QED) is 0.295. The first kappa shape index (κ1) is 21.5. The predicted octanol–water partition coefficient (Wildman–Crippen LogP) is 4.95. The zero-order valence-electron chi connectivity index (χ0n) is 16.8. The van der Waals surface area contributed by atoms with Crippen LogP contribution in [0.1, 0.15) is 15.9 Å². The van der Waals surface area contributed by atoms with Crippen molar-refractivity contribution < 1.29 is 14.0 Å². The molecule has 0 saturated carbocycles. The van der Waals surface area contributed by atoms with Gasteiger partial charge in [0.1, 0.15) is 12.4 Å². The number of carbonyl (C=O) groups excluding carboxylic acids is 2. The molecular weight excluding hydrogens is 475 g/mol. The highest BCUT2D eigenvalue weighted by atomic mass is 79.9. The summed E-state index contributed by atoms with van der Waals surface area (Å²) in [6.45, 7) is 0.0656. The minimum atomic E-state index is -0.365. The number of fused-ring (bicyclic) bond motifs is 1. The average molecular weight is 493 g/mol. The number of carbonyl (C=O) groups is 2. The summed E-state index contributed by atoms with van der Waals surface area (Å²) < 4.78 is 15.7. The molecule has 6 nitrogen and oxygen atoms in total. The molecule has 0 atom stereocenters. The van der Waals surface area contributed by atoms with Crippen molar-refractivity contribution in [3.05, 3.63) is 100 Å². The highest BCUT2D eigenvalue weighted by molar-refractivity contribution is 9.10. The number of nitrogens with one attached hydrogen (secondary N) is 2. The van der Waals surface area contributed by atoms with E-state index in [0.29, 0.717) is 11.3 Å². The number of anilines is 1. The molecule has 4 aromatic rings. The maximum absolute atomic E-state index is 13.1. The van der Waals surface area contributed by atoms with E-state index < -0.39 is 0 Å². The molecule has 0 bridgehead atoms. The van der Waals surface area contributed by atoms with Gasteiger partial charge in [-0.05, 0) is 48.5 Å². The van der Waals surface area contributed by atoms with Crippen molar-refractivity contribution in [3.63, 3.8) is 0 Å². The lowest BCUT2D eigenvalue weighted by molar-refractivity contribution is -0.116. The molecule has 1 aromatic heterocycles. The maximum Gasteiger partial charge on any atom is 0.271 e. The normalized spacial score (nSPS) is 11.1. The van der Waals surface area contributed by atoms with E-state index in [-0.39, 0.29) is 24.2 Å². The van der Waals surface area contributed by atoms with Crippen LogP contribution in [0.25, 0.3) is 10.9 Å². The number of nitrogens with zero attached hydrogens (tertiary/aromatic N) is 2. The van der Waals surface area contributed by atoms with E-state index in [4.69, 9.17) is 0 Å². The number of hydrogen-bond donors (Lipinski definition) is 2. The van der Waals surface area contributed by atoms with Crippen molar-refractivity contribution >= 4 is 50.5 Å². The summed E-state index contributed by atoms with van der Waals surface area (Å²) in [5.41, 5.74) is 5.12.